The zero-order chi connectivity index (χ0) is 13.4. The third kappa shape index (κ3) is 5.17. The van der Waals surface area contributed by atoms with E-state index >= 15 is 0 Å². The molecule has 0 aliphatic rings. The van der Waals surface area contributed by atoms with Crippen molar-refractivity contribution in [3.8, 4) is 0 Å². The van der Waals surface area contributed by atoms with Gasteiger partial charge in [-0.3, -0.25) is 4.79 Å². The molecular formula is C10H10O7. The van der Waals surface area contributed by atoms with Crippen molar-refractivity contribution in [2.24, 2.45) is 0 Å². The number of aromatic carboxylic acids is 2. The fraction of sp³-hybridized carbons (Fsp3) is 0.100. The highest BCUT2D eigenvalue weighted by Crippen LogP contribution is 2.09. The molecule has 0 saturated heterocycles. The second kappa shape index (κ2) is 6.83. The Bertz CT molecular complexity index is 401. The molecule has 7 heteroatoms. The van der Waals surface area contributed by atoms with Crippen LogP contribution in [0.2, 0.25) is 0 Å². The van der Waals surface area contributed by atoms with Crippen molar-refractivity contribution in [2.75, 3.05) is 0 Å². The lowest BCUT2D eigenvalue weighted by atomic mass is 10.2. The first kappa shape index (κ1) is 14.4. The molecule has 1 rings (SSSR count). The van der Waals surface area contributed by atoms with Crippen molar-refractivity contribution in [3.05, 3.63) is 36.5 Å². The Morgan fingerprint density at radius 2 is 1.94 bits per heavy atom. The van der Waals surface area contributed by atoms with E-state index in [-0.39, 0.29) is 11.5 Å². The van der Waals surface area contributed by atoms with Gasteiger partial charge in [-0.1, -0.05) is 6.58 Å². The van der Waals surface area contributed by atoms with Crippen LogP contribution >= 0.6 is 0 Å². The van der Waals surface area contributed by atoms with Gasteiger partial charge in [-0.15, -0.1) is 0 Å². The lowest BCUT2D eigenvalue weighted by molar-refractivity contribution is -0.135. The number of furan rings is 1. The molecule has 0 saturated carbocycles. The van der Waals surface area contributed by atoms with Gasteiger partial charge in [-0.05, 0) is 6.07 Å². The van der Waals surface area contributed by atoms with Crippen molar-refractivity contribution in [1.82, 2.24) is 0 Å². The van der Waals surface area contributed by atoms with Gasteiger partial charge in [0.25, 0.3) is 0 Å². The molecular weight excluding hydrogens is 232 g/mol. The molecule has 0 fully saturated rings. The normalized spacial score (nSPS) is 8.53. The zero-order valence-corrected chi connectivity index (χ0v) is 8.87. The van der Waals surface area contributed by atoms with Crippen LogP contribution in [0.5, 0.6) is 0 Å². The fourth-order valence-electron chi connectivity index (χ4n) is 0.761. The van der Waals surface area contributed by atoms with Crippen LogP contribution < -0.4 is 0 Å². The van der Waals surface area contributed by atoms with Gasteiger partial charge in [-0.2, -0.15) is 0 Å². The van der Waals surface area contributed by atoms with Crippen molar-refractivity contribution in [1.29, 1.82) is 0 Å². The Kier molecular flexibility index (Phi) is 5.80. The molecule has 92 valence electrons. The highest BCUT2D eigenvalue weighted by molar-refractivity contribution is 5.99. The summed E-state index contributed by atoms with van der Waals surface area (Å²) in [6.45, 7) is 4.48. The van der Waals surface area contributed by atoms with Crippen LogP contribution in [-0.2, 0) is 9.53 Å². The van der Waals surface area contributed by atoms with Gasteiger partial charge in [0.05, 0.1) is 12.5 Å². The summed E-state index contributed by atoms with van der Waals surface area (Å²) in [6.07, 6.45) is 2.12. The Hall–Kier alpha value is -2.57. The Morgan fingerprint density at radius 1 is 1.35 bits per heavy atom. The SMILES string of the molecule is C=COC(C)=O.O=C(O)c1ccoc1C(=O)O. The summed E-state index contributed by atoms with van der Waals surface area (Å²) in [4.78, 5) is 30.2. The van der Waals surface area contributed by atoms with E-state index in [1.807, 2.05) is 0 Å². The Balaban J connectivity index is 0.000000366. The monoisotopic (exact) mass is 242 g/mol. The molecule has 0 aliphatic carbocycles. The lowest BCUT2D eigenvalue weighted by Gasteiger charge is -1.88. The number of rotatable bonds is 3. The quantitative estimate of drug-likeness (QED) is 0.607. The zero-order valence-electron chi connectivity index (χ0n) is 8.87. The first-order valence-electron chi connectivity index (χ1n) is 4.22. The predicted octanol–water partition coefficient (Wildman–Crippen LogP) is 1.37. The van der Waals surface area contributed by atoms with Gasteiger partial charge < -0.3 is 19.4 Å². The maximum absolute atomic E-state index is 10.3. The lowest BCUT2D eigenvalue weighted by Crippen LogP contribution is -2.03. The molecule has 0 bridgehead atoms. The molecule has 0 atom stereocenters. The molecule has 1 heterocycles. The van der Waals surface area contributed by atoms with Gasteiger partial charge >= 0.3 is 17.9 Å². The van der Waals surface area contributed by atoms with Crippen molar-refractivity contribution in [2.45, 2.75) is 6.92 Å². The standard InChI is InChI=1S/C6H4O5.C4H6O2/c7-5(8)3-1-2-11-4(3)6(9)10;1-3-6-4(2)5/h1-2H,(H,7,8)(H,9,10);3H,1H2,2H3. The maximum atomic E-state index is 10.3. The van der Waals surface area contributed by atoms with Crippen LogP contribution in [0.25, 0.3) is 0 Å². The van der Waals surface area contributed by atoms with Crippen LogP contribution in [0.1, 0.15) is 27.8 Å². The second-order valence-corrected chi connectivity index (χ2v) is 2.55. The molecule has 0 aliphatic heterocycles. The van der Waals surface area contributed by atoms with E-state index in [1.54, 1.807) is 0 Å². The number of carboxylic acid groups (broad SMARTS) is 2. The minimum Gasteiger partial charge on any atom is -0.478 e. The molecule has 17 heavy (non-hydrogen) atoms. The number of ether oxygens (including phenoxy) is 1. The summed E-state index contributed by atoms with van der Waals surface area (Å²) in [5.41, 5.74) is -0.336. The van der Waals surface area contributed by atoms with Crippen LogP contribution in [0.4, 0.5) is 0 Å². The number of carboxylic acids is 2. The average Bonchev–Trinajstić information content (AvgIpc) is 2.66. The smallest absolute Gasteiger partial charge is 0.372 e. The van der Waals surface area contributed by atoms with Gasteiger partial charge in [0.15, 0.2) is 0 Å². The largest absolute Gasteiger partial charge is 0.478 e. The van der Waals surface area contributed by atoms with Crippen molar-refractivity contribution in [3.63, 3.8) is 0 Å². The Morgan fingerprint density at radius 3 is 2.18 bits per heavy atom. The summed E-state index contributed by atoms with van der Waals surface area (Å²) in [6, 6.07) is 1.09. The minimum absolute atomic E-state index is 0.329. The molecule has 0 amide bonds. The highest BCUT2D eigenvalue weighted by atomic mass is 16.5. The van der Waals surface area contributed by atoms with E-state index in [1.165, 1.54) is 6.92 Å². The van der Waals surface area contributed by atoms with E-state index < -0.39 is 17.7 Å². The fourth-order valence-corrected chi connectivity index (χ4v) is 0.761. The van der Waals surface area contributed by atoms with Gasteiger partial charge in [0.2, 0.25) is 5.76 Å². The summed E-state index contributed by atoms with van der Waals surface area (Å²) < 4.78 is 8.57. The van der Waals surface area contributed by atoms with E-state index in [9.17, 15) is 14.4 Å². The highest BCUT2D eigenvalue weighted by Gasteiger charge is 2.18. The second-order valence-electron chi connectivity index (χ2n) is 2.55. The summed E-state index contributed by atoms with van der Waals surface area (Å²) in [5.74, 6) is -3.56. The Labute approximate surface area is 95.9 Å². The van der Waals surface area contributed by atoms with E-state index in [0.29, 0.717) is 0 Å². The number of carbonyl (C=O) groups excluding carboxylic acids is 1. The molecule has 2 N–H and O–H groups in total. The number of esters is 1. The van der Waals surface area contributed by atoms with Gasteiger partial charge in [0, 0.05) is 6.92 Å². The predicted molar refractivity (Wildman–Crippen MR) is 54.6 cm³/mol. The molecule has 1 aromatic rings. The first-order valence-corrected chi connectivity index (χ1v) is 4.22. The van der Waals surface area contributed by atoms with Crippen LogP contribution in [0.15, 0.2) is 29.6 Å². The molecule has 0 aromatic carbocycles. The summed E-state index contributed by atoms with van der Waals surface area (Å²) >= 11 is 0. The topological polar surface area (TPSA) is 114 Å². The van der Waals surface area contributed by atoms with E-state index in [2.05, 4.69) is 15.7 Å². The van der Waals surface area contributed by atoms with Crippen LogP contribution in [0, 0.1) is 0 Å². The van der Waals surface area contributed by atoms with Crippen LogP contribution in [-0.4, -0.2) is 28.1 Å². The minimum atomic E-state index is -1.38. The summed E-state index contributed by atoms with van der Waals surface area (Å²) in [5, 5.41) is 16.7. The van der Waals surface area contributed by atoms with Gasteiger partial charge in [-0.25, -0.2) is 9.59 Å². The first-order chi connectivity index (χ1) is 7.90. The average molecular weight is 242 g/mol. The number of carbonyl (C=O) groups is 3. The van der Waals surface area contributed by atoms with Crippen LogP contribution in [0.3, 0.4) is 0 Å². The third-order valence-corrected chi connectivity index (χ3v) is 1.34. The molecule has 0 unspecified atom stereocenters. The van der Waals surface area contributed by atoms with Crippen molar-refractivity contribution >= 4 is 17.9 Å². The third-order valence-electron chi connectivity index (χ3n) is 1.34. The van der Waals surface area contributed by atoms with E-state index in [4.69, 9.17) is 10.2 Å². The van der Waals surface area contributed by atoms with Crippen molar-refractivity contribution < 1.29 is 33.8 Å². The molecule has 0 radical (unpaired) electrons. The molecule has 7 nitrogen and oxygen atoms in total. The number of hydrogen-bond donors (Lipinski definition) is 2. The van der Waals surface area contributed by atoms with E-state index in [0.717, 1.165) is 18.6 Å². The van der Waals surface area contributed by atoms with Gasteiger partial charge in [0.1, 0.15) is 5.56 Å². The summed E-state index contributed by atoms with van der Waals surface area (Å²) in [7, 11) is 0. The number of hydrogen-bond acceptors (Lipinski definition) is 5. The molecule has 0 spiro atoms. The maximum Gasteiger partial charge on any atom is 0.372 e. The molecule has 1 aromatic heterocycles.